The van der Waals surface area contributed by atoms with Crippen LogP contribution in [0, 0.1) is 10.1 Å². The van der Waals surface area contributed by atoms with E-state index in [1.54, 1.807) is 18.2 Å². The highest BCUT2D eigenvalue weighted by Crippen LogP contribution is 2.26. The molecule has 0 fully saturated rings. The summed E-state index contributed by atoms with van der Waals surface area (Å²) in [5, 5.41) is 22.7. The van der Waals surface area contributed by atoms with E-state index in [1.807, 2.05) is 6.92 Å². The van der Waals surface area contributed by atoms with Crippen LogP contribution in [0.5, 0.6) is 0 Å². The number of nitrogens with zero attached hydrogens (tertiary/aromatic N) is 3. The number of anilines is 1. The second-order valence-corrected chi connectivity index (χ2v) is 6.24. The lowest BCUT2D eigenvalue weighted by atomic mass is 10.1. The molecule has 1 N–H and O–H groups in total. The molecule has 0 aliphatic heterocycles. The van der Waals surface area contributed by atoms with Crippen LogP contribution in [-0.4, -0.2) is 21.0 Å². The molecule has 3 rings (SSSR count). The summed E-state index contributed by atoms with van der Waals surface area (Å²) in [6.45, 7) is 2.04. The average Bonchev–Trinajstić information content (AvgIpc) is 3.25. The van der Waals surface area contributed by atoms with Crippen molar-refractivity contribution in [2.45, 2.75) is 19.8 Å². The fourth-order valence-electron chi connectivity index (χ4n) is 2.17. The summed E-state index contributed by atoms with van der Waals surface area (Å²) in [6, 6.07) is 9.13. The molecule has 0 saturated heterocycles. The van der Waals surface area contributed by atoms with Crippen LogP contribution in [0.4, 0.5) is 10.8 Å². The number of nitro benzene ring substituents is 1. The normalized spacial score (nSPS) is 10.6. The maximum Gasteiger partial charge on any atom is 0.293 e. The van der Waals surface area contributed by atoms with Crippen molar-refractivity contribution in [1.82, 2.24) is 10.2 Å². The van der Waals surface area contributed by atoms with Crippen LogP contribution in [0.15, 0.2) is 40.8 Å². The molecule has 0 aliphatic carbocycles. The first-order chi connectivity index (χ1) is 12.1. The van der Waals surface area contributed by atoms with Crippen molar-refractivity contribution >= 4 is 28.1 Å². The van der Waals surface area contributed by atoms with Crippen molar-refractivity contribution in [3.8, 4) is 11.3 Å². The third kappa shape index (κ3) is 3.89. The van der Waals surface area contributed by atoms with Gasteiger partial charge in [0.05, 0.1) is 4.92 Å². The maximum atomic E-state index is 12.2. The second-order valence-electron chi connectivity index (χ2n) is 5.18. The third-order valence-corrected chi connectivity index (χ3v) is 4.22. The van der Waals surface area contributed by atoms with Gasteiger partial charge < -0.3 is 4.42 Å². The second kappa shape index (κ2) is 7.22. The summed E-state index contributed by atoms with van der Waals surface area (Å²) in [6.07, 6.45) is 1.76. The van der Waals surface area contributed by atoms with E-state index in [-0.39, 0.29) is 11.4 Å². The topological polar surface area (TPSA) is 111 Å². The Hall–Kier alpha value is -3.07. The highest BCUT2D eigenvalue weighted by molar-refractivity contribution is 7.15. The minimum atomic E-state index is -0.483. The summed E-state index contributed by atoms with van der Waals surface area (Å²) in [7, 11) is 0. The average molecular weight is 358 g/mol. The van der Waals surface area contributed by atoms with E-state index in [2.05, 4.69) is 15.5 Å². The van der Waals surface area contributed by atoms with E-state index in [0.717, 1.165) is 17.8 Å². The minimum absolute atomic E-state index is 0.0442. The van der Waals surface area contributed by atoms with Crippen LogP contribution in [0.25, 0.3) is 11.3 Å². The highest BCUT2D eigenvalue weighted by Gasteiger charge is 2.16. The third-order valence-electron chi connectivity index (χ3n) is 3.32. The molecule has 1 aromatic carbocycles. The number of furan rings is 1. The number of non-ortho nitro benzene ring substituents is 1. The monoisotopic (exact) mass is 358 g/mol. The fourth-order valence-corrected chi connectivity index (χ4v) is 3.00. The van der Waals surface area contributed by atoms with Gasteiger partial charge in [0, 0.05) is 24.1 Å². The first kappa shape index (κ1) is 16.8. The van der Waals surface area contributed by atoms with Crippen molar-refractivity contribution in [1.29, 1.82) is 0 Å². The van der Waals surface area contributed by atoms with Gasteiger partial charge in [0.15, 0.2) is 5.76 Å². The lowest BCUT2D eigenvalue weighted by Gasteiger charge is -1.99. The van der Waals surface area contributed by atoms with Gasteiger partial charge in [0.25, 0.3) is 11.6 Å². The van der Waals surface area contributed by atoms with E-state index in [1.165, 1.54) is 29.5 Å². The number of nitrogens with one attached hydrogen (secondary N) is 1. The molecule has 25 heavy (non-hydrogen) atoms. The van der Waals surface area contributed by atoms with Gasteiger partial charge in [0.1, 0.15) is 10.8 Å². The Morgan fingerprint density at radius 1 is 1.32 bits per heavy atom. The first-order valence-corrected chi connectivity index (χ1v) is 8.37. The van der Waals surface area contributed by atoms with Crippen molar-refractivity contribution in [2.24, 2.45) is 0 Å². The van der Waals surface area contributed by atoms with Gasteiger partial charge in [-0.05, 0) is 18.6 Å². The number of benzene rings is 1. The summed E-state index contributed by atoms with van der Waals surface area (Å²) in [5.74, 6) is 0.0161. The lowest BCUT2D eigenvalue weighted by Crippen LogP contribution is -2.10. The number of carbonyl (C=O) groups excluding carboxylic acids is 1. The van der Waals surface area contributed by atoms with E-state index < -0.39 is 10.8 Å². The molecule has 0 unspecified atom stereocenters. The van der Waals surface area contributed by atoms with Crippen molar-refractivity contribution in [2.75, 3.05) is 5.32 Å². The number of amides is 1. The van der Waals surface area contributed by atoms with Crippen LogP contribution in [0.2, 0.25) is 0 Å². The molecule has 0 spiro atoms. The number of nitro groups is 1. The standard InChI is InChI=1S/C16H14N4O4S/c1-2-4-14-18-19-16(25-14)17-15(21)13-8-7-12(24-13)10-5-3-6-11(9-10)20(22)23/h3,5-9H,2,4H2,1H3,(H,17,19,21). The molecule has 128 valence electrons. The highest BCUT2D eigenvalue weighted by atomic mass is 32.1. The number of hydrogen-bond acceptors (Lipinski definition) is 7. The molecule has 0 saturated carbocycles. The van der Waals surface area contributed by atoms with Crippen molar-refractivity contribution in [3.05, 3.63) is 57.3 Å². The van der Waals surface area contributed by atoms with E-state index >= 15 is 0 Å². The summed E-state index contributed by atoms with van der Waals surface area (Å²) in [4.78, 5) is 22.6. The van der Waals surface area contributed by atoms with Crippen molar-refractivity contribution in [3.63, 3.8) is 0 Å². The van der Waals surface area contributed by atoms with Gasteiger partial charge in [-0.1, -0.05) is 30.4 Å². The van der Waals surface area contributed by atoms with Crippen LogP contribution in [0.3, 0.4) is 0 Å². The molecular weight excluding hydrogens is 344 g/mol. The van der Waals surface area contributed by atoms with Gasteiger partial charge in [-0.2, -0.15) is 0 Å². The molecule has 9 heteroatoms. The predicted octanol–water partition coefficient (Wildman–Crippen LogP) is 3.91. The Morgan fingerprint density at radius 2 is 2.16 bits per heavy atom. The molecule has 0 radical (unpaired) electrons. The molecule has 0 bridgehead atoms. The Bertz CT molecular complexity index is 918. The van der Waals surface area contributed by atoms with Gasteiger partial charge in [0.2, 0.25) is 5.13 Å². The van der Waals surface area contributed by atoms with E-state index in [4.69, 9.17) is 4.42 Å². The SMILES string of the molecule is CCCc1nnc(NC(=O)c2ccc(-c3cccc([N+](=O)[O-])c3)o2)s1. The molecule has 0 aliphatic rings. The largest absolute Gasteiger partial charge is 0.451 e. The van der Waals surface area contributed by atoms with Crippen LogP contribution < -0.4 is 5.32 Å². The Labute approximate surface area is 146 Å². The quantitative estimate of drug-likeness (QED) is 0.528. The zero-order valence-electron chi connectivity index (χ0n) is 13.3. The zero-order valence-corrected chi connectivity index (χ0v) is 14.1. The summed E-state index contributed by atoms with van der Waals surface area (Å²) in [5.41, 5.74) is 0.478. The number of rotatable bonds is 6. The number of carbonyl (C=O) groups is 1. The van der Waals surface area contributed by atoms with Crippen LogP contribution in [-0.2, 0) is 6.42 Å². The summed E-state index contributed by atoms with van der Waals surface area (Å²) >= 11 is 1.32. The molecule has 0 atom stereocenters. The lowest BCUT2D eigenvalue weighted by molar-refractivity contribution is -0.384. The van der Waals surface area contributed by atoms with Gasteiger partial charge >= 0.3 is 0 Å². The molecule has 2 heterocycles. The number of aryl methyl sites for hydroxylation is 1. The van der Waals surface area contributed by atoms with Crippen LogP contribution >= 0.6 is 11.3 Å². The number of hydrogen-bond donors (Lipinski definition) is 1. The van der Waals surface area contributed by atoms with Crippen molar-refractivity contribution < 1.29 is 14.1 Å². The molecule has 3 aromatic rings. The molecule has 1 amide bonds. The van der Waals surface area contributed by atoms with Crippen LogP contribution in [0.1, 0.15) is 28.9 Å². The number of aromatic nitrogens is 2. The predicted molar refractivity (Wildman–Crippen MR) is 92.7 cm³/mol. The zero-order chi connectivity index (χ0) is 17.8. The molecular formula is C16H14N4O4S. The van der Waals surface area contributed by atoms with E-state index in [9.17, 15) is 14.9 Å². The minimum Gasteiger partial charge on any atom is -0.451 e. The van der Waals surface area contributed by atoms with E-state index in [0.29, 0.717) is 16.5 Å². The van der Waals surface area contributed by atoms with Gasteiger partial charge in [-0.15, -0.1) is 10.2 Å². The molecule has 8 nitrogen and oxygen atoms in total. The fraction of sp³-hybridized carbons (Fsp3) is 0.188. The van der Waals surface area contributed by atoms with Gasteiger partial charge in [-0.25, -0.2) is 0 Å². The Morgan fingerprint density at radius 3 is 2.92 bits per heavy atom. The first-order valence-electron chi connectivity index (χ1n) is 7.55. The maximum absolute atomic E-state index is 12.2. The molecule has 2 aromatic heterocycles. The summed E-state index contributed by atoms with van der Waals surface area (Å²) < 4.78 is 5.51. The smallest absolute Gasteiger partial charge is 0.293 e. The Kier molecular flexibility index (Phi) is 4.85. The Balaban J connectivity index is 1.75. The van der Waals surface area contributed by atoms with Gasteiger partial charge in [-0.3, -0.25) is 20.2 Å².